The van der Waals surface area contributed by atoms with Crippen LogP contribution in [0.1, 0.15) is 11.3 Å². The first-order chi connectivity index (χ1) is 8.31. The molecule has 88 valence electrons. The van der Waals surface area contributed by atoms with Gasteiger partial charge in [0, 0.05) is 0 Å². The van der Waals surface area contributed by atoms with Crippen molar-refractivity contribution < 1.29 is 14.9 Å². The molecule has 0 saturated heterocycles. The molecule has 2 aromatic rings. The number of hydrogen-bond acceptors (Lipinski definition) is 5. The molecule has 0 radical (unpaired) electrons. The number of aliphatic hydroxyl groups excluding tert-OH is 2. The second-order valence-electron chi connectivity index (χ2n) is 3.41. The topological polar surface area (TPSA) is 75.5 Å². The molecule has 1 aromatic heterocycles. The van der Waals surface area contributed by atoms with E-state index in [1.54, 1.807) is 24.3 Å². The van der Waals surface area contributed by atoms with E-state index >= 15 is 0 Å². The summed E-state index contributed by atoms with van der Waals surface area (Å²) in [6, 6.07) is 7.02. The van der Waals surface area contributed by atoms with Crippen molar-refractivity contribution in [2.45, 2.75) is 13.2 Å². The zero-order valence-corrected chi connectivity index (χ0v) is 9.08. The predicted octanol–water partition coefficient (Wildman–Crippen LogP) is 1.25. The van der Waals surface area contributed by atoms with E-state index in [4.69, 9.17) is 14.9 Å². The van der Waals surface area contributed by atoms with Crippen LogP contribution in [0, 0.1) is 0 Å². The van der Waals surface area contributed by atoms with Crippen LogP contribution in [-0.2, 0) is 13.2 Å². The molecule has 2 rings (SSSR count). The molecule has 5 nitrogen and oxygen atoms in total. The van der Waals surface area contributed by atoms with Gasteiger partial charge in [-0.05, 0) is 17.7 Å². The van der Waals surface area contributed by atoms with Gasteiger partial charge in [-0.15, -0.1) is 0 Å². The van der Waals surface area contributed by atoms with Crippen molar-refractivity contribution in [1.82, 2.24) is 9.97 Å². The van der Waals surface area contributed by atoms with Gasteiger partial charge in [0.05, 0.1) is 31.3 Å². The van der Waals surface area contributed by atoms with Crippen LogP contribution in [0.3, 0.4) is 0 Å². The normalized spacial score (nSPS) is 10.2. The van der Waals surface area contributed by atoms with Crippen LogP contribution in [0.5, 0.6) is 11.6 Å². The van der Waals surface area contributed by atoms with Crippen molar-refractivity contribution >= 4 is 0 Å². The van der Waals surface area contributed by atoms with E-state index in [9.17, 15) is 0 Å². The lowest BCUT2D eigenvalue weighted by Gasteiger charge is -2.05. The third kappa shape index (κ3) is 2.99. The van der Waals surface area contributed by atoms with Crippen molar-refractivity contribution in [2.24, 2.45) is 0 Å². The van der Waals surface area contributed by atoms with Crippen LogP contribution in [0.25, 0.3) is 0 Å². The Morgan fingerprint density at radius 2 is 1.71 bits per heavy atom. The molecule has 0 saturated carbocycles. The lowest BCUT2D eigenvalue weighted by molar-refractivity contribution is 0.276. The third-order valence-corrected chi connectivity index (χ3v) is 2.17. The third-order valence-electron chi connectivity index (χ3n) is 2.17. The summed E-state index contributed by atoms with van der Waals surface area (Å²) in [5.74, 6) is 0.979. The van der Waals surface area contributed by atoms with Gasteiger partial charge in [0.15, 0.2) is 0 Å². The summed E-state index contributed by atoms with van der Waals surface area (Å²) >= 11 is 0. The Bertz CT molecular complexity index is 423. The van der Waals surface area contributed by atoms with Crippen molar-refractivity contribution in [3.63, 3.8) is 0 Å². The molecular weight excluding hydrogens is 220 g/mol. The predicted molar refractivity (Wildman–Crippen MR) is 60.4 cm³/mol. The quantitative estimate of drug-likeness (QED) is 0.829. The summed E-state index contributed by atoms with van der Waals surface area (Å²) in [5, 5.41) is 17.7. The highest BCUT2D eigenvalue weighted by Crippen LogP contribution is 2.18. The highest BCUT2D eigenvalue weighted by atomic mass is 16.5. The molecule has 0 aliphatic carbocycles. The second-order valence-corrected chi connectivity index (χ2v) is 3.41. The van der Waals surface area contributed by atoms with Crippen LogP contribution in [0.4, 0.5) is 0 Å². The van der Waals surface area contributed by atoms with Gasteiger partial charge in [0.1, 0.15) is 5.75 Å². The Balaban J connectivity index is 2.08. The maximum Gasteiger partial charge on any atom is 0.237 e. The molecule has 5 heteroatoms. The molecule has 17 heavy (non-hydrogen) atoms. The van der Waals surface area contributed by atoms with Gasteiger partial charge in [0.25, 0.3) is 0 Å². The van der Waals surface area contributed by atoms with Crippen LogP contribution in [0.15, 0.2) is 36.7 Å². The first-order valence-electron chi connectivity index (χ1n) is 5.11. The van der Waals surface area contributed by atoms with E-state index < -0.39 is 0 Å². The van der Waals surface area contributed by atoms with E-state index in [1.165, 1.54) is 12.4 Å². The van der Waals surface area contributed by atoms with Gasteiger partial charge >= 0.3 is 0 Å². The number of hydrogen-bond donors (Lipinski definition) is 2. The highest BCUT2D eigenvalue weighted by molar-refractivity contribution is 5.29. The molecule has 2 N–H and O–H groups in total. The smallest absolute Gasteiger partial charge is 0.237 e. The molecule has 0 aliphatic rings. The maximum atomic E-state index is 8.89. The molecule has 1 aromatic carbocycles. The first kappa shape index (κ1) is 11.5. The fourth-order valence-electron chi connectivity index (χ4n) is 1.26. The molecule has 0 amide bonds. The molecule has 0 aliphatic heterocycles. The molecule has 0 atom stereocenters. The van der Waals surface area contributed by atoms with E-state index in [-0.39, 0.29) is 13.2 Å². The summed E-state index contributed by atoms with van der Waals surface area (Å²) < 4.78 is 5.44. The summed E-state index contributed by atoms with van der Waals surface area (Å²) in [6.07, 6.45) is 2.91. The van der Waals surface area contributed by atoms with Gasteiger partial charge in [0.2, 0.25) is 5.88 Å². The van der Waals surface area contributed by atoms with Crippen molar-refractivity contribution in [1.29, 1.82) is 0 Å². The van der Waals surface area contributed by atoms with Crippen LogP contribution in [0.2, 0.25) is 0 Å². The van der Waals surface area contributed by atoms with E-state index in [1.807, 2.05) is 0 Å². The summed E-state index contributed by atoms with van der Waals surface area (Å²) in [4.78, 5) is 7.94. The summed E-state index contributed by atoms with van der Waals surface area (Å²) in [5.41, 5.74) is 1.31. The van der Waals surface area contributed by atoms with Crippen molar-refractivity contribution in [3.8, 4) is 11.6 Å². The molecule has 0 bridgehead atoms. The Labute approximate surface area is 98.4 Å². The number of rotatable bonds is 4. The van der Waals surface area contributed by atoms with Gasteiger partial charge < -0.3 is 14.9 Å². The molecule has 1 heterocycles. The van der Waals surface area contributed by atoms with E-state index in [0.717, 1.165) is 5.56 Å². The molecule has 0 fully saturated rings. The first-order valence-corrected chi connectivity index (χ1v) is 5.11. The number of benzene rings is 1. The Morgan fingerprint density at radius 1 is 0.941 bits per heavy atom. The minimum atomic E-state index is -0.140. The molecule has 0 spiro atoms. The second kappa shape index (κ2) is 5.38. The van der Waals surface area contributed by atoms with Crippen molar-refractivity contribution in [2.75, 3.05) is 0 Å². The average molecular weight is 232 g/mol. The zero-order valence-electron chi connectivity index (χ0n) is 9.08. The fourth-order valence-corrected chi connectivity index (χ4v) is 1.26. The number of aromatic nitrogens is 2. The standard InChI is InChI=1S/C12H12N2O3/c15-7-9-1-3-11(4-2-9)17-12-6-13-10(8-16)5-14-12/h1-6,15-16H,7-8H2. The maximum absolute atomic E-state index is 8.89. The largest absolute Gasteiger partial charge is 0.438 e. The lowest BCUT2D eigenvalue weighted by Crippen LogP contribution is -1.93. The highest BCUT2D eigenvalue weighted by Gasteiger charge is 2.00. The Hall–Kier alpha value is -1.98. The van der Waals surface area contributed by atoms with Gasteiger partial charge in [-0.25, -0.2) is 4.98 Å². The fraction of sp³-hybridized carbons (Fsp3) is 0.167. The zero-order chi connectivity index (χ0) is 12.1. The Morgan fingerprint density at radius 3 is 2.24 bits per heavy atom. The van der Waals surface area contributed by atoms with Crippen LogP contribution >= 0.6 is 0 Å². The lowest BCUT2D eigenvalue weighted by atomic mass is 10.2. The number of ether oxygens (including phenoxy) is 1. The molecule has 0 unspecified atom stereocenters. The number of aliphatic hydroxyl groups is 2. The van der Waals surface area contributed by atoms with E-state index in [2.05, 4.69) is 9.97 Å². The van der Waals surface area contributed by atoms with Crippen LogP contribution in [-0.4, -0.2) is 20.2 Å². The van der Waals surface area contributed by atoms with E-state index in [0.29, 0.717) is 17.3 Å². The molecular formula is C12H12N2O3. The monoisotopic (exact) mass is 232 g/mol. The van der Waals surface area contributed by atoms with Crippen molar-refractivity contribution in [3.05, 3.63) is 47.9 Å². The summed E-state index contributed by atoms with van der Waals surface area (Å²) in [6.45, 7) is -0.135. The summed E-state index contributed by atoms with van der Waals surface area (Å²) in [7, 11) is 0. The minimum Gasteiger partial charge on any atom is -0.438 e. The Kier molecular flexibility index (Phi) is 3.64. The minimum absolute atomic E-state index is 0.00524. The van der Waals surface area contributed by atoms with Gasteiger partial charge in [-0.3, -0.25) is 4.98 Å². The SMILES string of the molecule is OCc1ccc(Oc2cnc(CO)cn2)cc1. The number of nitrogens with zero attached hydrogens (tertiary/aromatic N) is 2. The van der Waals surface area contributed by atoms with Gasteiger partial charge in [-0.2, -0.15) is 0 Å². The average Bonchev–Trinajstić information content (AvgIpc) is 2.40. The van der Waals surface area contributed by atoms with Gasteiger partial charge in [-0.1, -0.05) is 12.1 Å². The van der Waals surface area contributed by atoms with Crippen LogP contribution < -0.4 is 4.74 Å².